The Bertz CT molecular complexity index is 515. The lowest BCUT2D eigenvalue weighted by atomic mass is 9.86. The van der Waals surface area contributed by atoms with Crippen molar-refractivity contribution in [3.63, 3.8) is 0 Å². The van der Waals surface area contributed by atoms with Crippen LogP contribution in [0.1, 0.15) is 39.7 Å². The predicted molar refractivity (Wildman–Crippen MR) is 98.4 cm³/mol. The minimum atomic E-state index is -0.780. The normalized spacial score (nSPS) is 13.6. The molecule has 1 aromatic rings. The molecule has 1 aromatic carbocycles. The van der Waals surface area contributed by atoms with Crippen molar-refractivity contribution in [2.45, 2.75) is 51.2 Å². The van der Waals surface area contributed by atoms with Crippen molar-refractivity contribution in [3.8, 4) is 11.5 Å². The standard InChI is InChI=1S/C19H33NO5/c1-6-19(12-21,13-22)20-10-14(23)11-25-17-8-7-15(24-5)9-16(17)18(2,3)4/h7-9,14,20-23H,6,10-13H2,1-5H3/t14-/m1/s1. The van der Waals surface area contributed by atoms with Crippen LogP contribution < -0.4 is 14.8 Å². The summed E-state index contributed by atoms with van der Waals surface area (Å²) in [4.78, 5) is 0. The Labute approximate surface area is 150 Å². The van der Waals surface area contributed by atoms with Gasteiger partial charge in [0.05, 0.1) is 25.9 Å². The molecule has 0 radical (unpaired) electrons. The number of hydrogen-bond donors (Lipinski definition) is 4. The summed E-state index contributed by atoms with van der Waals surface area (Å²) in [6.45, 7) is 8.07. The van der Waals surface area contributed by atoms with Crippen LogP contribution >= 0.6 is 0 Å². The second kappa shape index (κ2) is 9.38. The lowest BCUT2D eigenvalue weighted by molar-refractivity contribution is 0.0565. The molecule has 0 heterocycles. The molecule has 0 aliphatic carbocycles. The predicted octanol–water partition coefficient (Wildman–Crippen LogP) is 1.46. The Morgan fingerprint density at radius 1 is 1.16 bits per heavy atom. The average molecular weight is 355 g/mol. The zero-order valence-electron chi connectivity index (χ0n) is 16.0. The smallest absolute Gasteiger partial charge is 0.123 e. The van der Waals surface area contributed by atoms with Crippen LogP contribution in [-0.4, -0.2) is 60.4 Å². The van der Waals surface area contributed by atoms with Gasteiger partial charge in [0.2, 0.25) is 0 Å². The van der Waals surface area contributed by atoms with Crippen LogP contribution in [0.4, 0.5) is 0 Å². The number of rotatable bonds is 10. The highest BCUT2D eigenvalue weighted by Crippen LogP contribution is 2.34. The third kappa shape index (κ3) is 6.15. The maximum atomic E-state index is 10.2. The van der Waals surface area contributed by atoms with Gasteiger partial charge < -0.3 is 30.1 Å². The van der Waals surface area contributed by atoms with Crippen LogP contribution in [0.15, 0.2) is 18.2 Å². The molecule has 0 saturated carbocycles. The van der Waals surface area contributed by atoms with Crippen LogP contribution in [0.3, 0.4) is 0 Å². The molecule has 0 aliphatic rings. The Morgan fingerprint density at radius 2 is 1.80 bits per heavy atom. The summed E-state index contributed by atoms with van der Waals surface area (Å²) in [6, 6.07) is 5.62. The Morgan fingerprint density at radius 3 is 2.28 bits per heavy atom. The molecule has 144 valence electrons. The van der Waals surface area contributed by atoms with Crippen LogP contribution in [0.2, 0.25) is 0 Å². The van der Waals surface area contributed by atoms with E-state index in [4.69, 9.17) is 9.47 Å². The highest BCUT2D eigenvalue weighted by atomic mass is 16.5. The second-order valence-corrected chi connectivity index (χ2v) is 7.41. The van der Waals surface area contributed by atoms with Gasteiger partial charge in [-0.15, -0.1) is 0 Å². The molecule has 4 N–H and O–H groups in total. The number of ether oxygens (including phenoxy) is 2. The largest absolute Gasteiger partial charge is 0.497 e. The summed E-state index contributed by atoms with van der Waals surface area (Å²) in [5, 5.41) is 32.1. The molecule has 0 amide bonds. The minimum absolute atomic E-state index is 0.110. The summed E-state index contributed by atoms with van der Waals surface area (Å²) in [5.41, 5.74) is 0.0937. The quantitative estimate of drug-likeness (QED) is 0.508. The van der Waals surface area contributed by atoms with Gasteiger partial charge >= 0.3 is 0 Å². The highest BCUT2D eigenvalue weighted by Gasteiger charge is 2.27. The zero-order chi connectivity index (χ0) is 19.1. The summed E-state index contributed by atoms with van der Waals surface area (Å²) < 4.78 is 11.1. The average Bonchev–Trinajstić information content (AvgIpc) is 2.60. The van der Waals surface area contributed by atoms with Gasteiger partial charge in [-0.05, 0) is 30.0 Å². The SMILES string of the molecule is CCC(CO)(CO)NC[C@@H](O)COc1ccc(OC)cc1C(C)(C)C. The van der Waals surface area contributed by atoms with Crippen LogP contribution in [0, 0.1) is 0 Å². The van der Waals surface area contributed by atoms with Gasteiger partial charge in [0.15, 0.2) is 0 Å². The number of β-amino-alcohol motifs (C(OH)–C–C–N with tert-alkyl or cyclic N) is 1. The van der Waals surface area contributed by atoms with Gasteiger partial charge in [-0.25, -0.2) is 0 Å². The Kier molecular flexibility index (Phi) is 8.15. The molecular weight excluding hydrogens is 322 g/mol. The number of nitrogens with one attached hydrogen (secondary N) is 1. The van der Waals surface area contributed by atoms with E-state index in [0.29, 0.717) is 12.2 Å². The first-order valence-electron chi connectivity index (χ1n) is 8.67. The van der Waals surface area contributed by atoms with Gasteiger partial charge in [-0.2, -0.15) is 0 Å². The molecule has 0 aromatic heterocycles. The van der Waals surface area contributed by atoms with E-state index >= 15 is 0 Å². The molecule has 0 aliphatic heterocycles. The summed E-state index contributed by atoms with van der Waals surface area (Å²) in [5.74, 6) is 1.47. The van der Waals surface area contributed by atoms with Crippen molar-refractivity contribution in [1.82, 2.24) is 5.32 Å². The van der Waals surface area contributed by atoms with Gasteiger partial charge in [-0.1, -0.05) is 27.7 Å². The number of aliphatic hydroxyl groups is 3. The Balaban J connectivity index is 2.71. The van der Waals surface area contributed by atoms with Crippen molar-refractivity contribution in [1.29, 1.82) is 0 Å². The zero-order valence-corrected chi connectivity index (χ0v) is 16.0. The van der Waals surface area contributed by atoms with E-state index in [1.165, 1.54) is 0 Å². The van der Waals surface area contributed by atoms with Gasteiger partial charge in [0, 0.05) is 12.1 Å². The first-order valence-corrected chi connectivity index (χ1v) is 8.67. The first kappa shape index (κ1) is 21.7. The summed E-state index contributed by atoms with van der Waals surface area (Å²) >= 11 is 0. The summed E-state index contributed by atoms with van der Waals surface area (Å²) in [6.07, 6.45) is -0.209. The molecule has 0 fully saturated rings. The van der Waals surface area contributed by atoms with E-state index in [9.17, 15) is 15.3 Å². The second-order valence-electron chi connectivity index (χ2n) is 7.41. The molecule has 25 heavy (non-hydrogen) atoms. The maximum absolute atomic E-state index is 10.2. The fraction of sp³-hybridized carbons (Fsp3) is 0.684. The van der Waals surface area contributed by atoms with E-state index in [0.717, 1.165) is 11.3 Å². The lowest BCUT2D eigenvalue weighted by Crippen LogP contribution is -2.54. The van der Waals surface area contributed by atoms with E-state index < -0.39 is 11.6 Å². The van der Waals surface area contributed by atoms with E-state index in [2.05, 4.69) is 26.1 Å². The van der Waals surface area contributed by atoms with E-state index in [1.807, 2.05) is 25.1 Å². The van der Waals surface area contributed by atoms with Crippen LogP contribution in [-0.2, 0) is 5.41 Å². The number of aliphatic hydroxyl groups excluding tert-OH is 3. The molecule has 1 rings (SSSR count). The lowest BCUT2D eigenvalue weighted by Gasteiger charge is -2.31. The van der Waals surface area contributed by atoms with Crippen molar-refractivity contribution >= 4 is 0 Å². The topological polar surface area (TPSA) is 91.2 Å². The highest BCUT2D eigenvalue weighted by molar-refractivity contribution is 5.44. The fourth-order valence-corrected chi connectivity index (χ4v) is 2.44. The van der Waals surface area contributed by atoms with Crippen molar-refractivity contribution < 1.29 is 24.8 Å². The summed E-state index contributed by atoms with van der Waals surface area (Å²) in [7, 11) is 1.63. The number of methoxy groups -OCH3 is 1. The molecule has 6 nitrogen and oxygen atoms in total. The van der Waals surface area contributed by atoms with Gasteiger partial charge in [0.1, 0.15) is 24.2 Å². The molecule has 0 saturated heterocycles. The fourth-order valence-electron chi connectivity index (χ4n) is 2.44. The number of benzene rings is 1. The third-order valence-corrected chi connectivity index (χ3v) is 4.42. The van der Waals surface area contributed by atoms with Crippen molar-refractivity contribution in [2.24, 2.45) is 0 Å². The van der Waals surface area contributed by atoms with Crippen molar-refractivity contribution in [3.05, 3.63) is 23.8 Å². The van der Waals surface area contributed by atoms with Gasteiger partial charge in [-0.3, -0.25) is 0 Å². The minimum Gasteiger partial charge on any atom is -0.497 e. The third-order valence-electron chi connectivity index (χ3n) is 4.42. The van der Waals surface area contributed by atoms with E-state index in [1.54, 1.807) is 7.11 Å². The first-order chi connectivity index (χ1) is 11.7. The molecule has 0 spiro atoms. The van der Waals surface area contributed by atoms with Crippen LogP contribution in [0.5, 0.6) is 11.5 Å². The van der Waals surface area contributed by atoms with Crippen molar-refractivity contribution in [2.75, 3.05) is 33.5 Å². The Hall–Kier alpha value is -1.34. The van der Waals surface area contributed by atoms with E-state index in [-0.39, 0.29) is 31.8 Å². The molecule has 0 bridgehead atoms. The maximum Gasteiger partial charge on any atom is 0.123 e. The monoisotopic (exact) mass is 355 g/mol. The molecule has 1 atom stereocenters. The molecule has 6 heteroatoms. The molecule has 0 unspecified atom stereocenters. The van der Waals surface area contributed by atoms with Crippen LogP contribution in [0.25, 0.3) is 0 Å². The number of hydrogen-bond acceptors (Lipinski definition) is 6. The molecular formula is C19H33NO5. The van der Waals surface area contributed by atoms with Gasteiger partial charge in [0.25, 0.3) is 0 Å².